The van der Waals surface area contributed by atoms with Crippen LogP contribution in [0.1, 0.15) is 73.8 Å². The molecule has 3 saturated heterocycles. The number of amides is 1. The van der Waals surface area contributed by atoms with Crippen LogP contribution in [0.5, 0.6) is 5.75 Å². The summed E-state index contributed by atoms with van der Waals surface area (Å²) < 4.78 is 29.5. The Hall–Kier alpha value is -3.07. The van der Waals surface area contributed by atoms with Crippen LogP contribution in [0.3, 0.4) is 0 Å². The number of likely N-dealkylation sites (N-methyl/N-ethyl adjacent to an activating group) is 1. The monoisotopic (exact) mass is 925 g/mol. The quantitative estimate of drug-likeness (QED) is 0.0998. The van der Waals surface area contributed by atoms with Gasteiger partial charge in [0.15, 0.2) is 21.8 Å². The fraction of sp³-hybridized carbons (Fsp3) is 0.707. The van der Waals surface area contributed by atoms with Gasteiger partial charge >= 0.3 is 12.1 Å². The normalized spacial score (nSPS) is 29.2. The lowest BCUT2D eigenvalue weighted by Crippen LogP contribution is -2.62. The van der Waals surface area contributed by atoms with Crippen LogP contribution in [0.15, 0.2) is 24.7 Å². The number of rotatable bonds is 17. The van der Waals surface area contributed by atoms with Crippen molar-refractivity contribution in [2.75, 3.05) is 34.3 Å². The van der Waals surface area contributed by atoms with Crippen molar-refractivity contribution in [3.63, 3.8) is 0 Å². The number of hydrogen-bond donors (Lipinski definition) is 2. The van der Waals surface area contributed by atoms with Crippen molar-refractivity contribution in [2.24, 2.45) is 17.8 Å². The number of ketones is 2. The predicted octanol–water partition coefficient (Wildman–Crippen LogP) is 4.10. The van der Waals surface area contributed by atoms with Gasteiger partial charge in [-0.1, -0.05) is 13.8 Å². The molecule has 5 heterocycles. The number of carbonyl (C=O) groups is 4. The number of Topliss-reactive ketones (excluding diaryl/α,β-unsaturated/α-hetero) is 2. The van der Waals surface area contributed by atoms with E-state index in [1.165, 1.54) is 27.2 Å². The average molecular weight is 926 g/mol. The molecule has 0 aliphatic carbocycles. The first-order valence-corrected chi connectivity index (χ1v) is 21.1. The Morgan fingerprint density at radius 3 is 2.47 bits per heavy atom. The van der Waals surface area contributed by atoms with E-state index in [1.807, 2.05) is 61.5 Å². The second kappa shape index (κ2) is 18.3. The van der Waals surface area contributed by atoms with Gasteiger partial charge in [0.05, 0.1) is 47.8 Å². The lowest BCUT2D eigenvalue weighted by Gasteiger charge is -2.46. The lowest BCUT2D eigenvalue weighted by molar-refractivity contribution is -0.295. The molecule has 0 aromatic carbocycles. The highest BCUT2D eigenvalue weighted by molar-refractivity contribution is 14.1. The van der Waals surface area contributed by atoms with E-state index in [9.17, 15) is 29.4 Å². The Balaban J connectivity index is 1.26. The van der Waals surface area contributed by atoms with Gasteiger partial charge < -0.3 is 38.8 Å². The number of cyclic esters (lactones) is 1. The fourth-order valence-electron chi connectivity index (χ4n) is 8.43. The van der Waals surface area contributed by atoms with E-state index in [1.54, 1.807) is 45.0 Å². The van der Waals surface area contributed by atoms with Crippen molar-refractivity contribution in [3.05, 3.63) is 30.2 Å². The van der Waals surface area contributed by atoms with Crippen LogP contribution < -0.4 is 0 Å². The molecule has 3 aliphatic rings. The maximum absolute atomic E-state index is 14.3. The van der Waals surface area contributed by atoms with Crippen molar-refractivity contribution in [2.45, 2.75) is 133 Å². The molecule has 17 heteroatoms. The number of hydrogen-bond acceptors (Lipinski definition) is 15. The Morgan fingerprint density at radius 1 is 1.17 bits per heavy atom. The highest BCUT2D eigenvalue weighted by Crippen LogP contribution is 2.41. The molecule has 5 rings (SSSR count). The van der Waals surface area contributed by atoms with Gasteiger partial charge in [0, 0.05) is 61.8 Å². The zero-order chi connectivity index (χ0) is 43.0. The number of aliphatic hydroxyl groups is 1. The Bertz CT molecular complexity index is 1830. The first-order chi connectivity index (χ1) is 27.1. The molecule has 3 aliphatic heterocycles. The van der Waals surface area contributed by atoms with Crippen molar-refractivity contribution < 1.29 is 53.1 Å². The van der Waals surface area contributed by atoms with Crippen molar-refractivity contribution >= 4 is 57.1 Å². The minimum atomic E-state index is -1.26. The molecule has 0 spiro atoms. The molecule has 1 amide bonds. The van der Waals surface area contributed by atoms with Gasteiger partial charge in [-0.15, -0.1) is 0 Å². The number of alkyl halides is 1. The summed E-state index contributed by atoms with van der Waals surface area (Å²) >= 11 is 1.94. The summed E-state index contributed by atoms with van der Waals surface area (Å²) in [6.07, 6.45) is 1.45. The Labute approximate surface area is 354 Å². The van der Waals surface area contributed by atoms with Crippen LogP contribution in [0.2, 0.25) is 0 Å². The van der Waals surface area contributed by atoms with Gasteiger partial charge in [-0.05, 0) is 97.1 Å². The molecule has 0 saturated carbocycles. The topological polar surface area (TPSA) is 190 Å². The van der Waals surface area contributed by atoms with Crippen LogP contribution >= 0.6 is 22.6 Å². The number of aromatic nitrogens is 2. The second-order valence-corrected chi connectivity index (χ2v) is 18.2. The molecule has 322 valence electrons. The largest absolute Gasteiger partial charge is 0.506 e. The maximum Gasteiger partial charge on any atom is 0.411 e. The minimum Gasteiger partial charge on any atom is -0.506 e. The summed E-state index contributed by atoms with van der Waals surface area (Å²) in [5.41, 5.74) is -1.05. The number of aliphatic hydroxyl groups excluding tert-OH is 1. The average Bonchev–Trinajstić information content (AvgIpc) is 3.39. The molecule has 16 nitrogen and oxygen atoms in total. The smallest absolute Gasteiger partial charge is 0.411 e. The number of methoxy groups -OCH3 is 1. The summed E-state index contributed by atoms with van der Waals surface area (Å²) in [5, 5.41) is 22.7. The van der Waals surface area contributed by atoms with Gasteiger partial charge in [-0.25, -0.2) is 4.79 Å². The Morgan fingerprint density at radius 2 is 1.84 bits per heavy atom. The summed E-state index contributed by atoms with van der Waals surface area (Å²) in [4.78, 5) is 67.9. The number of aromatic hydroxyl groups is 1. The highest BCUT2D eigenvalue weighted by Gasteiger charge is 2.58. The van der Waals surface area contributed by atoms with Crippen LogP contribution in [-0.2, 0) is 44.6 Å². The number of ether oxygens (including phenoxy) is 5. The summed E-state index contributed by atoms with van der Waals surface area (Å²) in [6.45, 7) is 15.1. The van der Waals surface area contributed by atoms with Crippen LogP contribution in [-0.4, -0.2) is 151 Å². The number of carbonyl (C=O) groups excluding carboxylic acids is 4. The van der Waals surface area contributed by atoms with E-state index in [4.69, 9.17) is 23.7 Å². The standard InChI is InChI=1S/C41H60IN5O11/c1-21(25(5)48)15-40(7,54-11)35(56-37-34(51)31(45(9)10)14-22(2)55-37)23(3)33(50)24(4)36(52)57-38(42)41(8)26(6)47(39(53)58-41)27-18-46(19-27)20-29-28-12-13-43-16-30(28)44-17-32(29)49/h12-13,16-17,21-24,26-27,31,34-35,37-38,49,51H,14-15,18-20H2,1-11H3/t21-,22-,23+,24-,26-,31+,34-,35-,37+,38+,40-,41+/m1/s1. The molecular weight excluding hydrogens is 865 g/mol. The molecule has 0 radical (unpaired) electrons. The van der Waals surface area contributed by atoms with Gasteiger partial charge in [0.25, 0.3) is 0 Å². The van der Waals surface area contributed by atoms with Gasteiger partial charge in [0.1, 0.15) is 23.6 Å². The number of likely N-dealkylation sites (tertiary alicyclic amines) is 1. The molecule has 2 aromatic rings. The van der Waals surface area contributed by atoms with Crippen LogP contribution in [0.4, 0.5) is 4.79 Å². The van der Waals surface area contributed by atoms with E-state index in [0.29, 0.717) is 31.6 Å². The van der Waals surface area contributed by atoms with Crippen molar-refractivity contribution in [3.8, 4) is 5.75 Å². The molecule has 12 atom stereocenters. The first kappa shape index (κ1) is 46.0. The zero-order valence-electron chi connectivity index (χ0n) is 35.4. The highest BCUT2D eigenvalue weighted by atomic mass is 127. The molecule has 3 fully saturated rings. The third-order valence-corrected chi connectivity index (χ3v) is 14.1. The summed E-state index contributed by atoms with van der Waals surface area (Å²) in [6, 6.07) is 0.858. The second-order valence-electron chi connectivity index (χ2n) is 17.0. The third-order valence-electron chi connectivity index (χ3n) is 12.6. The number of esters is 1. The summed E-state index contributed by atoms with van der Waals surface area (Å²) in [7, 11) is 5.19. The summed E-state index contributed by atoms with van der Waals surface area (Å²) in [5.74, 6) is -3.98. The Kier molecular flexibility index (Phi) is 14.5. The van der Waals surface area contributed by atoms with Crippen molar-refractivity contribution in [1.82, 2.24) is 24.7 Å². The van der Waals surface area contributed by atoms with Crippen LogP contribution in [0, 0.1) is 17.8 Å². The van der Waals surface area contributed by atoms with Crippen molar-refractivity contribution in [1.29, 1.82) is 0 Å². The number of fused-ring (bicyclic) bond motifs is 1. The maximum atomic E-state index is 14.3. The number of halogens is 1. The van der Waals surface area contributed by atoms with E-state index in [-0.39, 0.29) is 36.1 Å². The molecule has 2 aromatic heterocycles. The molecule has 2 N–H and O–H groups in total. The fourth-order valence-corrected chi connectivity index (χ4v) is 9.33. The minimum absolute atomic E-state index is 0.0678. The SMILES string of the molecule is CO[C@](C)(C[C@@H](C)C(C)=O)[C@H](O[C@@H]1O[C@H](C)C[C@H](N(C)C)[C@H]1O)[C@@H](C)C(=O)[C@@H](C)C(=O)O[C@H](I)[C@@]1(C)OC(=O)N(C2CN(Cc3c(O)cnc4cnccc34)C2)[C@@H]1C. The molecular formula is C41H60IN5O11. The first-order valence-electron chi connectivity index (χ1n) is 19.9. The molecule has 58 heavy (non-hydrogen) atoms. The van der Waals surface area contributed by atoms with E-state index in [2.05, 4.69) is 14.9 Å². The van der Waals surface area contributed by atoms with Gasteiger partial charge in [0.2, 0.25) is 0 Å². The zero-order valence-corrected chi connectivity index (χ0v) is 37.5. The molecule has 0 unspecified atom stereocenters. The van der Waals surface area contributed by atoms with E-state index >= 15 is 0 Å². The number of nitrogens with zero attached hydrogens (tertiary/aromatic N) is 5. The van der Waals surface area contributed by atoms with E-state index in [0.717, 1.165) is 10.9 Å². The lowest BCUT2D eigenvalue weighted by atomic mass is 9.78. The van der Waals surface area contributed by atoms with Gasteiger partial charge in [-0.3, -0.25) is 34.2 Å². The number of pyridine rings is 2. The molecule has 0 bridgehead atoms. The van der Waals surface area contributed by atoms with E-state index < -0.39 is 75.5 Å². The van der Waals surface area contributed by atoms with Gasteiger partial charge in [-0.2, -0.15) is 0 Å². The predicted molar refractivity (Wildman–Crippen MR) is 221 cm³/mol. The van der Waals surface area contributed by atoms with Crippen LogP contribution in [0.25, 0.3) is 10.9 Å². The third kappa shape index (κ3) is 9.29.